The Morgan fingerprint density at radius 2 is 2.19 bits per heavy atom. The van der Waals surface area contributed by atoms with Crippen molar-refractivity contribution in [1.29, 1.82) is 0 Å². The quantitative estimate of drug-likeness (QED) is 0.759. The van der Waals surface area contributed by atoms with Crippen LogP contribution in [-0.4, -0.2) is 49.9 Å². The fourth-order valence-electron chi connectivity index (χ4n) is 4.36. The second kappa shape index (κ2) is 8.06. The number of nitrogens with zero attached hydrogens (tertiary/aromatic N) is 5. The lowest BCUT2D eigenvalue weighted by molar-refractivity contribution is 0.0640. The number of hydrogen-bond donors (Lipinski definition) is 0. The van der Waals surface area contributed by atoms with Gasteiger partial charge >= 0.3 is 0 Å². The van der Waals surface area contributed by atoms with E-state index < -0.39 is 0 Å². The lowest BCUT2D eigenvalue weighted by atomic mass is 9.96. The summed E-state index contributed by atoms with van der Waals surface area (Å²) in [5, 5.41) is 8.72. The van der Waals surface area contributed by atoms with Gasteiger partial charge in [-0.15, -0.1) is 5.10 Å². The maximum Gasteiger partial charge on any atom is 0.275 e. The third kappa shape index (κ3) is 3.78. The van der Waals surface area contributed by atoms with E-state index in [2.05, 4.69) is 14.3 Å². The van der Waals surface area contributed by atoms with E-state index in [0.29, 0.717) is 32.0 Å². The lowest BCUT2D eigenvalue weighted by Crippen LogP contribution is -2.40. The Bertz CT molecular complexity index is 796. The molecule has 146 valence electrons. The molecule has 27 heavy (non-hydrogen) atoms. The largest absolute Gasteiger partial charge is 0.381 e. The average Bonchev–Trinajstić information content (AvgIpc) is 3.41. The van der Waals surface area contributed by atoms with E-state index in [0.717, 1.165) is 22.9 Å². The van der Waals surface area contributed by atoms with Crippen molar-refractivity contribution in [2.75, 3.05) is 19.8 Å². The lowest BCUT2D eigenvalue weighted by Gasteiger charge is -2.33. The molecule has 1 saturated carbocycles. The Hall–Kier alpha value is -1.80. The normalized spacial score (nSPS) is 20.2. The van der Waals surface area contributed by atoms with Crippen molar-refractivity contribution in [3.8, 4) is 0 Å². The zero-order chi connectivity index (χ0) is 18.8. The predicted molar refractivity (Wildman–Crippen MR) is 103 cm³/mol. The third-order valence-electron chi connectivity index (χ3n) is 5.72. The minimum atomic E-state index is -0.0445. The highest BCUT2D eigenvalue weighted by Crippen LogP contribution is 2.32. The number of carbonyl (C=O) groups is 1. The molecule has 0 radical (unpaired) electrons. The Balaban J connectivity index is 1.58. The molecule has 0 aromatic carbocycles. The molecule has 3 heterocycles. The summed E-state index contributed by atoms with van der Waals surface area (Å²) in [4.78, 5) is 15.7. The van der Waals surface area contributed by atoms with Crippen LogP contribution in [0.3, 0.4) is 0 Å². The summed E-state index contributed by atoms with van der Waals surface area (Å²) in [7, 11) is 0. The van der Waals surface area contributed by atoms with Gasteiger partial charge in [0.1, 0.15) is 0 Å². The molecular weight excluding hydrogens is 362 g/mol. The first kappa shape index (κ1) is 18.6. The van der Waals surface area contributed by atoms with Gasteiger partial charge < -0.3 is 9.64 Å². The molecule has 7 nitrogen and oxygen atoms in total. The van der Waals surface area contributed by atoms with Crippen LogP contribution < -0.4 is 0 Å². The van der Waals surface area contributed by atoms with Crippen LogP contribution in [0.4, 0.5) is 0 Å². The van der Waals surface area contributed by atoms with E-state index in [-0.39, 0.29) is 11.8 Å². The van der Waals surface area contributed by atoms with E-state index in [4.69, 9.17) is 9.84 Å². The number of rotatable bonds is 6. The van der Waals surface area contributed by atoms with Crippen molar-refractivity contribution < 1.29 is 9.53 Å². The molecule has 1 atom stereocenters. The van der Waals surface area contributed by atoms with Crippen LogP contribution in [0.15, 0.2) is 6.20 Å². The molecule has 2 aromatic rings. The Morgan fingerprint density at radius 3 is 2.89 bits per heavy atom. The summed E-state index contributed by atoms with van der Waals surface area (Å²) in [5.41, 5.74) is 2.86. The first-order chi connectivity index (χ1) is 13.2. The number of aromatic nitrogens is 4. The molecule has 0 spiro atoms. The number of aryl methyl sites for hydroxylation is 1. The molecule has 0 bridgehead atoms. The van der Waals surface area contributed by atoms with Crippen molar-refractivity contribution in [2.24, 2.45) is 5.92 Å². The van der Waals surface area contributed by atoms with Gasteiger partial charge in [-0.05, 0) is 44.1 Å². The minimum absolute atomic E-state index is 0.0445. The van der Waals surface area contributed by atoms with Gasteiger partial charge in [0.25, 0.3) is 5.91 Å². The first-order valence-electron chi connectivity index (χ1n) is 9.88. The molecule has 2 aliphatic rings. The molecule has 2 aromatic heterocycles. The summed E-state index contributed by atoms with van der Waals surface area (Å²) >= 11 is 1.27. The van der Waals surface area contributed by atoms with Gasteiger partial charge in [0.15, 0.2) is 5.69 Å². The summed E-state index contributed by atoms with van der Waals surface area (Å²) in [6.45, 7) is 7.39. The predicted octanol–water partition coefficient (Wildman–Crippen LogP) is 3.01. The highest BCUT2D eigenvalue weighted by molar-refractivity contribution is 7.05. The highest BCUT2D eigenvalue weighted by Gasteiger charge is 2.34. The maximum atomic E-state index is 13.0. The molecule has 1 amide bonds. The van der Waals surface area contributed by atoms with Crippen LogP contribution in [-0.2, 0) is 17.8 Å². The van der Waals surface area contributed by atoms with E-state index in [1.807, 2.05) is 24.9 Å². The number of carbonyl (C=O) groups excluding carboxylic acids is 1. The van der Waals surface area contributed by atoms with Gasteiger partial charge in [0.05, 0.1) is 23.4 Å². The Kier molecular flexibility index (Phi) is 5.54. The van der Waals surface area contributed by atoms with Crippen molar-refractivity contribution in [1.82, 2.24) is 24.3 Å². The van der Waals surface area contributed by atoms with Crippen LogP contribution in [0.1, 0.15) is 65.1 Å². The molecular formula is C19H27N5O2S. The molecule has 8 heteroatoms. The van der Waals surface area contributed by atoms with Crippen molar-refractivity contribution in [3.63, 3.8) is 0 Å². The molecule has 1 aliphatic heterocycles. The van der Waals surface area contributed by atoms with Crippen molar-refractivity contribution >= 4 is 17.4 Å². The van der Waals surface area contributed by atoms with Crippen LogP contribution in [0.2, 0.25) is 0 Å². The van der Waals surface area contributed by atoms with Crippen molar-refractivity contribution in [3.05, 3.63) is 28.0 Å². The first-order valence-corrected chi connectivity index (χ1v) is 10.6. The number of fused-ring (bicyclic) bond motifs is 1. The van der Waals surface area contributed by atoms with Crippen LogP contribution in [0.5, 0.6) is 0 Å². The molecule has 0 saturated heterocycles. The number of amides is 1. The van der Waals surface area contributed by atoms with Gasteiger partial charge in [0.2, 0.25) is 0 Å². The van der Waals surface area contributed by atoms with Gasteiger partial charge in [0, 0.05) is 37.7 Å². The summed E-state index contributed by atoms with van der Waals surface area (Å²) < 4.78 is 11.9. The van der Waals surface area contributed by atoms with E-state index in [9.17, 15) is 4.79 Å². The van der Waals surface area contributed by atoms with Crippen LogP contribution in [0.25, 0.3) is 0 Å². The third-order valence-corrected chi connectivity index (χ3v) is 6.35. The van der Waals surface area contributed by atoms with Gasteiger partial charge in [-0.1, -0.05) is 17.3 Å². The summed E-state index contributed by atoms with van der Waals surface area (Å²) in [6, 6.07) is 0. The standard InChI is InChI=1S/C19H27N5O2S/c1-3-26-12-16-11-23(19(25)17-13(2)27-22-21-17)10-15-8-20-24(18(15)16)9-14-6-4-5-7-14/h8,14,16H,3-7,9-12H2,1-2H3. The number of ether oxygens (including phenoxy) is 1. The monoisotopic (exact) mass is 389 g/mol. The second-order valence-corrected chi connectivity index (χ2v) is 8.57. The van der Waals surface area contributed by atoms with Crippen LogP contribution in [0, 0.1) is 12.8 Å². The topological polar surface area (TPSA) is 73.1 Å². The molecule has 1 aliphatic carbocycles. The molecule has 1 unspecified atom stereocenters. The zero-order valence-electron chi connectivity index (χ0n) is 16.1. The molecule has 1 fully saturated rings. The minimum Gasteiger partial charge on any atom is -0.381 e. The average molecular weight is 390 g/mol. The van der Waals surface area contributed by atoms with E-state index in [1.54, 1.807) is 0 Å². The SMILES string of the molecule is CCOCC1CN(C(=O)c2nnsc2C)Cc2cnn(CC3CCCC3)c21. The van der Waals surface area contributed by atoms with E-state index in [1.165, 1.54) is 42.9 Å². The maximum absolute atomic E-state index is 13.0. The summed E-state index contributed by atoms with van der Waals surface area (Å²) in [6.07, 6.45) is 7.20. The smallest absolute Gasteiger partial charge is 0.275 e. The second-order valence-electron chi connectivity index (χ2n) is 7.61. The van der Waals surface area contributed by atoms with Gasteiger partial charge in [-0.3, -0.25) is 9.48 Å². The fraction of sp³-hybridized carbons (Fsp3) is 0.684. The highest BCUT2D eigenvalue weighted by atomic mass is 32.1. The Labute approximate surface area is 163 Å². The molecule has 4 rings (SSSR count). The fourth-order valence-corrected chi connectivity index (χ4v) is 4.82. The number of hydrogen-bond acceptors (Lipinski definition) is 6. The Morgan fingerprint density at radius 1 is 1.37 bits per heavy atom. The molecule has 0 N–H and O–H groups in total. The van der Waals surface area contributed by atoms with Crippen molar-refractivity contribution in [2.45, 2.75) is 58.5 Å². The van der Waals surface area contributed by atoms with Crippen LogP contribution >= 0.6 is 11.5 Å². The van der Waals surface area contributed by atoms with Gasteiger partial charge in [-0.2, -0.15) is 5.10 Å². The summed E-state index contributed by atoms with van der Waals surface area (Å²) in [5.74, 6) is 0.829. The van der Waals surface area contributed by atoms with Gasteiger partial charge in [-0.25, -0.2) is 0 Å². The zero-order valence-corrected chi connectivity index (χ0v) is 16.9. The van der Waals surface area contributed by atoms with E-state index >= 15 is 0 Å².